The smallest absolute Gasteiger partial charge is 0.243 e. The van der Waals surface area contributed by atoms with Crippen molar-refractivity contribution in [1.29, 1.82) is 0 Å². The molecule has 1 saturated carbocycles. The minimum absolute atomic E-state index is 0.0195. The zero-order valence-electron chi connectivity index (χ0n) is 18.6. The van der Waals surface area contributed by atoms with Crippen molar-refractivity contribution in [3.63, 3.8) is 0 Å². The molecule has 1 atom stereocenters. The summed E-state index contributed by atoms with van der Waals surface area (Å²) >= 11 is 6.28. The summed E-state index contributed by atoms with van der Waals surface area (Å²) in [5.74, 6) is -0.0541. The lowest BCUT2D eigenvalue weighted by atomic mass is 10.0. The molecule has 4 nitrogen and oxygen atoms in total. The monoisotopic (exact) mass is 440 g/mol. The highest BCUT2D eigenvalue weighted by atomic mass is 35.5. The minimum Gasteiger partial charge on any atom is -0.352 e. The average molecular weight is 441 g/mol. The molecule has 1 aliphatic rings. The summed E-state index contributed by atoms with van der Waals surface area (Å²) in [6.07, 6.45) is 5.84. The highest BCUT2D eigenvalue weighted by Gasteiger charge is 2.30. The third-order valence-corrected chi connectivity index (χ3v) is 6.50. The Morgan fingerprint density at radius 1 is 1.10 bits per heavy atom. The van der Waals surface area contributed by atoms with Crippen LogP contribution >= 0.6 is 11.6 Å². The normalized spacial score (nSPS) is 14.9. The fourth-order valence-corrected chi connectivity index (χ4v) is 4.49. The second kappa shape index (κ2) is 11.3. The van der Waals surface area contributed by atoms with Crippen LogP contribution in [0.5, 0.6) is 0 Å². The Morgan fingerprint density at radius 2 is 1.77 bits per heavy atom. The van der Waals surface area contributed by atoms with Crippen LogP contribution < -0.4 is 5.32 Å². The first-order valence-corrected chi connectivity index (χ1v) is 11.7. The van der Waals surface area contributed by atoms with E-state index in [2.05, 4.69) is 5.32 Å². The summed E-state index contributed by atoms with van der Waals surface area (Å²) in [5, 5.41) is 3.86. The molecule has 0 aliphatic heterocycles. The Kier molecular flexibility index (Phi) is 8.53. The van der Waals surface area contributed by atoms with Crippen LogP contribution in [0.4, 0.5) is 0 Å². The van der Waals surface area contributed by atoms with Crippen molar-refractivity contribution in [2.24, 2.45) is 0 Å². The van der Waals surface area contributed by atoms with E-state index in [0.29, 0.717) is 30.8 Å². The van der Waals surface area contributed by atoms with Gasteiger partial charge in [-0.1, -0.05) is 79.4 Å². The minimum atomic E-state index is -0.472. The van der Waals surface area contributed by atoms with Crippen LogP contribution in [0.25, 0.3) is 0 Å². The van der Waals surface area contributed by atoms with E-state index in [1.807, 2.05) is 62.4 Å². The first-order valence-electron chi connectivity index (χ1n) is 11.4. The topological polar surface area (TPSA) is 49.4 Å². The standard InChI is InChI=1S/C26H33ClN2O2/c1-3-24(26(31)28-22-9-5-6-10-22)29(18-20-14-12-19(2)13-15-20)25(30)17-16-21-8-4-7-11-23(21)27/h4,7-8,11-15,22,24H,3,5-6,9-10,16-18H2,1-2H3,(H,28,31)/t24-/m1/s1. The van der Waals surface area contributed by atoms with Crippen LogP contribution in [0, 0.1) is 6.92 Å². The first-order chi connectivity index (χ1) is 15.0. The van der Waals surface area contributed by atoms with E-state index >= 15 is 0 Å². The highest BCUT2D eigenvalue weighted by Crippen LogP contribution is 2.21. The molecule has 1 N–H and O–H groups in total. The summed E-state index contributed by atoms with van der Waals surface area (Å²) in [7, 11) is 0. The lowest BCUT2D eigenvalue weighted by molar-refractivity contribution is -0.141. The second-order valence-electron chi connectivity index (χ2n) is 8.51. The molecule has 0 radical (unpaired) electrons. The van der Waals surface area contributed by atoms with Crippen LogP contribution in [-0.4, -0.2) is 28.8 Å². The summed E-state index contributed by atoms with van der Waals surface area (Å²) in [6.45, 7) is 4.45. The second-order valence-corrected chi connectivity index (χ2v) is 8.92. The van der Waals surface area contributed by atoms with Crippen molar-refractivity contribution >= 4 is 23.4 Å². The van der Waals surface area contributed by atoms with Gasteiger partial charge in [0.1, 0.15) is 6.04 Å². The van der Waals surface area contributed by atoms with E-state index in [0.717, 1.165) is 36.8 Å². The Hall–Kier alpha value is -2.33. The number of hydrogen-bond acceptors (Lipinski definition) is 2. The number of nitrogens with one attached hydrogen (secondary N) is 1. The number of halogens is 1. The molecule has 0 spiro atoms. The molecule has 1 fully saturated rings. The van der Waals surface area contributed by atoms with Gasteiger partial charge in [0, 0.05) is 24.0 Å². The molecular weight excluding hydrogens is 408 g/mol. The maximum atomic E-state index is 13.3. The van der Waals surface area contributed by atoms with Crippen molar-refractivity contribution in [2.45, 2.75) is 77.4 Å². The molecule has 0 saturated heterocycles. The fourth-order valence-electron chi connectivity index (χ4n) is 4.26. The lowest BCUT2D eigenvalue weighted by Crippen LogP contribution is -2.51. The molecule has 2 amide bonds. The molecule has 3 rings (SSSR count). The predicted molar refractivity (Wildman–Crippen MR) is 126 cm³/mol. The quantitative estimate of drug-likeness (QED) is 0.563. The average Bonchev–Trinajstić information content (AvgIpc) is 3.27. The van der Waals surface area contributed by atoms with Crippen LogP contribution in [0.1, 0.15) is 62.1 Å². The number of nitrogens with zero attached hydrogens (tertiary/aromatic N) is 1. The summed E-state index contributed by atoms with van der Waals surface area (Å²) in [6, 6.07) is 15.5. The first kappa shape index (κ1) is 23.3. The van der Waals surface area contributed by atoms with Crippen molar-refractivity contribution in [1.82, 2.24) is 10.2 Å². The van der Waals surface area contributed by atoms with Gasteiger partial charge in [0.05, 0.1) is 0 Å². The Labute approximate surface area is 191 Å². The Bertz CT molecular complexity index is 875. The van der Waals surface area contributed by atoms with Gasteiger partial charge in [0.25, 0.3) is 0 Å². The van der Waals surface area contributed by atoms with Gasteiger partial charge in [-0.2, -0.15) is 0 Å². The molecule has 2 aromatic rings. The van der Waals surface area contributed by atoms with E-state index < -0.39 is 6.04 Å². The van der Waals surface area contributed by atoms with E-state index in [9.17, 15) is 9.59 Å². The van der Waals surface area contributed by atoms with Gasteiger partial charge in [0.15, 0.2) is 0 Å². The van der Waals surface area contributed by atoms with Gasteiger partial charge in [-0.3, -0.25) is 9.59 Å². The molecule has 0 unspecified atom stereocenters. The number of amides is 2. The molecule has 31 heavy (non-hydrogen) atoms. The molecule has 0 heterocycles. The van der Waals surface area contributed by atoms with E-state index in [1.165, 1.54) is 5.56 Å². The van der Waals surface area contributed by atoms with Gasteiger partial charge in [-0.05, 0) is 49.8 Å². The van der Waals surface area contributed by atoms with Crippen molar-refractivity contribution in [3.05, 3.63) is 70.2 Å². The summed E-state index contributed by atoms with van der Waals surface area (Å²) in [5.41, 5.74) is 3.16. The van der Waals surface area contributed by atoms with Gasteiger partial charge < -0.3 is 10.2 Å². The zero-order valence-corrected chi connectivity index (χ0v) is 19.3. The number of aryl methyl sites for hydroxylation is 2. The SMILES string of the molecule is CC[C@H](C(=O)NC1CCCC1)N(Cc1ccc(C)cc1)C(=O)CCc1ccccc1Cl. The molecule has 1 aliphatic carbocycles. The van der Waals surface area contributed by atoms with E-state index in [4.69, 9.17) is 11.6 Å². The molecule has 2 aromatic carbocycles. The Morgan fingerprint density at radius 3 is 2.42 bits per heavy atom. The Balaban J connectivity index is 1.76. The van der Waals surface area contributed by atoms with Crippen LogP contribution in [0.3, 0.4) is 0 Å². The van der Waals surface area contributed by atoms with Gasteiger partial charge in [0.2, 0.25) is 11.8 Å². The van der Waals surface area contributed by atoms with Crippen molar-refractivity contribution in [2.75, 3.05) is 0 Å². The molecular formula is C26H33ClN2O2. The van der Waals surface area contributed by atoms with Gasteiger partial charge in [-0.15, -0.1) is 0 Å². The van der Waals surface area contributed by atoms with E-state index in [1.54, 1.807) is 4.90 Å². The van der Waals surface area contributed by atoms with Crippen molar-refractivity contribution < 1.29 is 9.59 Å². The number of carbonyl (C=O) groups is 2. The number of rotatable bonds is 9. The third kappa shape index (κ3) is 6.57. The molecule has 0 bridgehead atoms. The van der Waals surface area contributed by atoms with Crippen LogP contribution in [0.2, 0.25) is 5.02 Å². The number of benzene rings is 2. The molecule has 166 valence electrons. The fraction of sp³-hybridized carbons (Fsp3) is 0.462. The lowest BCUT2D eigenvalue weighted by Gasteiger charge is -2.31. The van der Waals surface area contributed by atoms with Crippen LogP contribution in [-0.2, 0) is 22.6 Å². The van der Waals surface area contributed by atoms with E-state index in [-0.39, 0.29) is 17.9 Å². The number of carbonyl (C=O) groups excluding carboxylic acids is 2. The largest absolute Gasteiger partial charge is 0.352 e. The van der Waals surface area contributed by atoms with Gasteiger partial charge in [-0.25, -0.2) is 0 Å². The molecule has 0 aromatic heterocycles. The predicted octanol–water partition coefficient (Wildman–Crippen LogP) is 5.45. The maximum Gasteiger partial charge on any atom is 0.243 e. The number of hydrogen-bond donors (Lipinski definition) is 1. The van der Waals surface area contributed by atoms with Gasteiger partial charge >= 0.3 is 0 Å². The third-order valence-electron chi connectivity index (χ3n) is 6.13. The maximum absolute atomic E-state index is 13.3. The van der Waals surface area contributed by atoms with Crippen LogP contribution in [0.15, 0.2) is 48.5 Å². The highest BCUT2D eigenvalue weighted by molar-refractivity contribution is 6.31. The summed E-state index contributed by atoms with van der Waals surface area (Å²) in [4.78, 5) is 28.2. The van der Waals surface area contributed by atoms with Crippen molar-refractivity contribution in [3.8, 4) is 0 Å². The zero-order chi connectivity index (χ0) is 22.2. The molecule has 5 heteroatoms. The summed E-state index contributed by atoms with van der Waals surface area (Å²) < 4.78 is 0.